The molecule has 3 aromatic carbocycles. The minimum absolute atomic E-state index is 0.0264. The van der Waals surface area contributed by atoms with Crippen LogP contribution in [-0.2, 0) is 21.2 Å². The Morgan fingerprint density at radius 2 is 1.94 bits per heavy atom. The molecule has 0 saturated heterocycles. The number of thioether (sulfide) groups is 1. The molecule has 0 unspecified atom stereocenters. The van der Waals surface area contributed by atoms with Crippen molar-refractivity contribution in [2.75, 3.05) is 29.0 Å². The first-order valence-electron chi connectivity index (χ1n) is 10.5. The lowest BCUT2D eigenvalue weighted by Gasteiger charge is -2.16. The van der Waals surface area contributed by atoms with Crippen molar-refractivity contribution >= 4 is 50.2 Å². The Labute approximate surface area is 201 Å². The van der Waals surface area contributed by atoms with Crippen molar-refractivity contribution in [3.05, 3.63) is 72.3 Å². The van der Waals surface area contributed by atoms with E-state index in [2.05, 4.69) is 9.71 Å². The lowest BCUT2D eigenvalue weighted by molar-refractivity contribution is -0.116. The lowest BCUT2D eigenvalue weighted by Crippen LogP contribution is -2.30. The summed E-state index contributed by atoms with van der Waals surface area (Å²) in [4.78, 5) is 18.9. The highest BCUT2D eigenvalue weighted by atomic mass is 32.2. The van der Waals surface area contributed by atoms with E-state index in [-0.39, 0.29) is 16.6 Å². The van der Waals surface area contributed by atoms with Gasteiger partial charge in [-0.1, -0.05) is 42.1 Å². The molecule has 1 aliphatic heterocycles. The van der Waals surface area contributed by atoms with E-state index in [0.29, 0.717) is 34.3 Å². The van der Waals surface area contributed by atoms with Gasteiger partial charge in [-0.3, -0.25) is 9.52 Å². The highest BCUT2D eigenvalue weighted by Gasteiger charge is 2.25. The maximum Gasteiger partial charge on any atom is 0.262 e. The molecule has 0 saturated carbocycles. The van der Waals surface area contributed by atoms with E-state index in [0.717, 1.165) is 17.7 Å². The van der Waals surface area contributed by atoms with Crippen LogP contribution in [0.5, 0.6) is 5.75 Å². The summed E-state index contributed by atoms with van der Waals surface area (Å²) < 4.78 is 39.3. The average Bonchev–Trinajstić information content (AvgIpc) is 3.46. The molecule has 0 fully saturated rings. The molecule has 5 rings (SSSR count). The van der Waals surface area contributed by atoms with Crippen LogP contribution < -0.4 is 14.4 Å². The third kappa shape index (κ3) is 4.34. The van der Waals surface area contributed by atoms with Crippen molar-refractivity contribution in [2.45, 2.75) is 16.5 Å². The molecule has 2 heterocycles. The number of sulfonamides is 1. The normalized spacial score (nSPS) is 13.1. The molecule has 1 N–H and O–H groups in total. The van der Waals surface area contributed by atoms with E-state index in [1.807, 2.05) is 24.3 Å². The van der Waals surface area contributed by atoms with E-state index < -0.39 is 10.0 Å². The van der Waals surface area contributed by atoms with Gasteiger partial charge in [0.25, 0.3) is 15.2 Å². The number of hydrogen-bond acceptors (Lipinski definition) is 7. The fourth-order valence-corrected chi connectivity index (χ4v) is 5.65. The van der Waals surface area contributed by atoms with Crippen LogP contribution in [0.3, 0.4) is 0 Å². The molecule has 10 heteroatoms. The zero-order valence-electron chi connectivity index (χ0n) is 18.2. The first-order chi connectivity index (χ1) is 16.4. The van der Waals surface area contributed by atoms with Gasteiger partial charge in [0.15, 0.2) is 5.58 Å². The molecule has 1 aliphatic rings. The van der Waals surface area contributed by atoms with Gasteiger partial charge in [0.1, 0.15) is 11.3 Å². The molecule has 8 nitrogen and oxygen atoms in total. The first kappa shape index (κ1) is 22.3. The summed E-state index contributed by atoms with van der Waals surface area (Å²) in [5.41, 5.74) is 3.28. The minimum atomic E-state index is -3.87. The second-order valence-corrected chi connectivity index (χ2v) is 10.2. The van der Waals surface area contributed by atoms with E-state index in [9.17, 15) is 13.2 Å². The number of rotatable bonds is 7. The van der Waals surface area contributed by atoms with Crippen molar-refractivity contribution in [3.8, 4) is 5.75 Å². The fourth-order valence-electron chi connectivity index (χ4n) is 3.85. The number of carbonyl (C=O) groups excluding carboxylic acids is 1. The van der Waals surface area contributed by atoms with Gasteiger partial charge >= 0.3 is 0 Å². The molecule has 1 amide bonds. The van der Waals surface area contributed by atoms with Gasteiger partial charge in [-0.15, -0.1) is 0 Å². The molecule has 0 spiro atoms. The van der Waals surface area contributed by atoms with Crippen LogP contribution in [0, 0.1) is 0 Å². The number of nitrogens with zero attached hydrogens (tertiary/aromatic N) is 2. The minimum Gasteiger partial charge on any atom is -0.495 e. The van der Waals surface area contributed by atoms with Gasteiger partial charge in [0.05, 0.1) is 23.4 Å². The fraction of sp³-hybridized carbons (Fsp3) is 0.167. The molecule has 174 valence electrons. The highest BCUT2D eigenvalue weighted by molar-refractivity contribution is 7.99. The summed E-state index contributed by atoms with van der Waals surface area (Å²) in [5.74, 6) is 0.556. The standard InChI is InChI=1S/C24H21N3O5S2/c1-31-21-9-5-3-7-18(21)26-34(29,30)17-10-11-22-19(14-17)25-24(32-22)33-15-23(28)27-13-12-16-6-2-4-8-20(16)27/h2-11,14,26H,12-13,15H2,1H3. The van der Waals surface area contributed by atoms with Crippen LogP contribution in [0.25, 0.3) is 11.1 Å². The topological polar surface area (TPSA) is 102 Å². The number of methoxy groups -OCH3 is 1. The number of nitrogens with one attached hydrogen (secondary N) is 1. The summed E-state index contributed by atoms with van der Waals surface area (Å²) in [6.45, 7) is 0.659. The Bertz CT molecular complexity index is 1480. The van der Waals surface area contributed by atoms with Crippen molar-refractivity contribution in [3.63, 3.8) is 0 Å². The number of hydrogen-bond donors (Lipinski definition) is 1. The second kappa shape index (κ2) is 9.03. The van der Waals surface area contributed by atoms with Crippen molar-refractivity contribution in [1.29, 1.82) is 0 Å². The van der Waals surface area contributed by atoms with Gasteiger partial charge in [0.2, 0.25) is 5.91 Å². The number of carbonyl (C=O) groups is 1. The number of para-hydroxylation sites is 3. The van der Waals surface area contributed by atoms with Crippen LogP contribution in [0.15, 0.2) is 81.3 Å². The van der Waals surface area contributed by atoms with Gasteiger partial charge in [-0.2, -0.15) is 0 Å². The Morgan fingerprint density at radius 1 is 1.15 bits per heavy atom. The summed E-state index contributed by atoms with van der Waals surface area (Å²) in [5, 5.41) is 0.308. The predicted molar refractivity (Wildman–Crippen MR) is 131 cm³/mol. The predicted octanol–water partition coefficient (Wildman–Crippen LogP) is 4.32. The number of benzene rings is 3. The third-order valence-corrected chi connectivity index (χ3v) is 7.68. The molecule has 4 aromatic rings. The van der Waals surface area contributed by atoms with Gasteiger partial charge < -0.3 is 14.1 Å². The molecular weight excluding hydrogens is 474 g/mol. The number of aromatic nitrogens is 1. The average molecular weight is 496 g/mol. The zero-order valence-corrected chi connectivity index (χ0v) is 19.9. The van der Waals surface area contributed by atoms with Crippen molar-refractivity contribution in [1.82, 2.24) is 4.98 Å². The SMILES string of the molecule is COc1ccccc1NS(=O)(=O)c1ccc2oc(SCC(=O)N3CCc4ccccc43)nc2c1. The molecule has 34 heavy (non-hydrogen) atoms. The van der Waals surface area contributed by atoms with Crippen LogP contribution in [0.1, 0.15) is 5.56 Å². The van der Waals surface area contributed by atoms with Gasteiger partial charge in [-0.05, 0) is 48.4 Å². The molecule has 0 bridgehead atoms. The molecule has 0 atom stereocenters. The maximum atomic E-state index is 12.9. The van der Waals surface area contributed by atoms with E-state index in [1.54, 1.807) is 35.2 Å². The molecule has 0 radical (unpaired) electrons. The molecule has 0 aliphatic carbocycles. The smallest absolute Gasteiger partial charge is 0.262 e. The molecular formula is C24H21N3O5S2. The van der Waals surface area contributed by atoms with Gasteiger partial charge in [-0.25, -0.2) is 13.4 Å². The van der Waals surface area contributed by atoms with E-state index in [1.165, 1.54) is 31.0 Å². The number of anilines is 2. The van der Waals surface area contributed by atoms with Gasteiger partial charge in [0, 0.05) is 12.2 Å². The summed E-state index contributed by atoms with van der Waals surface area (Å²) in [6, 6.07) is 19.1. The van der Waals surface area contributed by atoms with Crippen LogP contribution in [-0.4, -0.2) is 38.7 Å². The first-order valence-corrected chi connectivity index (χ1v) is 13.0. The Balaban J connectivity index is 1.30. The Hall–Kier alpha value is -3.50. The Morgan fingerprint density at radius 3 is 2.79 bits per heavy atom. The van der Waals surface area contributed by atoms with Crippen LogP contribution in [0.2, 0.25) is 0 Å². The second-order valence-electron chi connectivity index (χ2n) is 7.63. The quantitative estimate of drug-likeness (QED) is 0.381. The van der Waals surface area contributed by atoms with Crippen molar-refractivity contribution in [2.24, 2.45) is 0 Å². The summed E-state index contributed by atoms with van der Waals surface area (Å²) >= 11 is 1.19. The van der Waals surface area contributed by atoms with E-state index in [4.69, 9.17) is 9.15 Å². The van der Waals surface area contributed by atoms with Crippen LogP contribution in [0.4, 0.5) is 11.4 Å². The molecule has 1 aromatic heterocycles. The largest absolute Gasteiger partial charge is 0.495 e. The lowest BCUT2D eigenvalue weighted by atomic mass is 10.2. The number of amides is 1. The van der Waals surface area contributed by atoms with Crippen LogP contribution >= 0.6 is 11.8 Å². The maximum absolute atomic E-state index is 12.9. The zero-order chi connectivity index (χ0) is 23.7. The third-order valence-electron chi connectivity index (χ3n) is 5.51. The number of oxazole rings is 1. The summed E-state index contributed by atoms with van der Waals surface area (Å²) in [7, 11) is -2.40. The van der Waals surface area contributed by atoms with Crippen molar-refractivity contribution < 1.29 is 22.4 Å². The monoisotopic (exact) mass is 495 g/mol. The number of fused-ring (bicyclic) bond motifs is 2. The highest BCUT2D eigenvalue weighted by Crippen LogP contribution is 2.31. The van der Waals surface area contributed by atoms with E-state index >= 15 is 0 Å². The Kier molecular flexibility index (Phi) is 5.93. The summed E-state index contributed by atoms with van der Waals surface area (Å²) in [6.07, 6.45) is 0.843. The number of ether oxygens (including phenoxy) is 1.